The first-order valence-corrected chi connectivity index (χ1v) is 15.8. The fourth-order valence-electron chi connectivity index (χ4n) is 5.45. The van der Waals surface area contributed by atoms with Crippen molar-refractivity contribution in [1.82, 2.24) is 39.7 Å². The number of ether oxygens (including phenoxy) is 1. The molecule has 0 spiro atoms. The van der Waals surface area contributed by atoms with E-state index < -0.39 is 5.60 Å². The van der Waals surface area contributed by atoms with Gasteiger partial charge in [0, 0.05) is 62.8 Å². The number of nitrogens with one attached hydrogen (secondary N) is 1. The number of nitrogens with zero attached hydrogens (tertiary/aromatic N) is 8. The van der Waals surface area contributed by atoms with Gasteiger partial charge in [-0.3, -0.25) is 9.48 Å². The van der Waals surface area contributed by atoms with Crippen LogP contribution in [-0.2, 0) is 11.8 Å². The van der Waals surface area contributed by atoms with Gasteiger partial charge in [0.1, 0.15) is 11.4 Å². The Morgan fingerprint density at radius 2 is 1.77 bits per heavy atom. The minimum Gasteiger partial charge on any atom is -0.444 e. The Hall–Kier alpha value is -4.39. The van der Waals surface area contributed by atoms with Crippen LogP contribution >= 0.6 is 11.3 Å². The van der Waals surface area contributed by atoms with E-state index in [1.807, 2.05) is 69.4 Å². The van der Waals surface area contributed by atoms with Gasteiger partial charge in [0.2, 0.25) is 5.01 Å². The summed E-state index contributed by atoms with van der Waals surface area (Å²) in [5.41, 5.74) is 2.94. The number of aryl methyl sites for hydroxylation is 1. The van der Waals surface area contributed by atoms with Crippen LogP contribution in [-0.4, -0.2) is 89.6 Å². The monoisotopic (exact) mass is 615 g/mol. The number of piperidine rings is 1. The Balaban J connectivity index is 1.31. The van der Waals surface area contributed by atoms with Crippen molar-refractivity contribution in [2.45, 2.75) is 58.1 Å². The van der Waals surface area contributed by atoms with Crippen LogP contribution < -0.4 is 5.32 Å². The predicted molar refractivity (Wildman–Crippen MR) is 168 cm³/mol. The van der Waals surface area contributed by atoms with Gasteiger partial charge in [-0.2, -0.15) is 5.10 Å². The van der Waals surface area contributed by atoms with Gasteiger partial charge in [-0.1, -0.05) is 29.5 Å². The molecule has 2 aliphatic heterocycles. The fourth-order valence-corrected chi connectivity index (χ4v) is 6.27. The van der Waals surface area contributed by atoms with Crippen molar-refractivity contribution < 1.29 is 14.3 Å². The Labute approximate surface area is 260 Å². The summed E-state index contributed by atoms with van der Waals surface area (Å²) in [5, 5.41) is 17.4. The number of carbonyl (C=O) groups is 2. The van der Waals surface area contributed by atoms with E-state index in [2.05, 4.69) is 20.6 Å². The minimum absolute atomic E-state index is 0.0712. The third-order valence-corrected chi connectivity index (χ3v) is 8.54. The zero-order valence-corrected chi connectivity index (χ0v) is 26.3. The molecule has 13 heteroatoms. The van der Waals surface area contributed by atoms with Gasteiger partial charge in [-0.05, 0) is 58.1 Å². The SMILES string of the molecule is Cn1cc(-c2cccc(-c3ncc(-c4nnc(C(=O)N5CCCC5)s4)c(NC4CCCN(C(=O)OC(C)(C)C)C4)n3)c2)cn1. The first kappa shape index (κ1) is 29.7. The smallest absolute Gasteiger partial charge is 0.410 e. The molecule has 5 heterocycles. The third-order valence-electron chi connectivity index (χ3n) is 7.59. The van der Waals surface area contributed by atoms with Crippen molar-refractivity contribution in [3.63, 3.8) is 0 Å². The lowest BCUT2D eigenvalue weighted by molar-refractivity contribution is 0.0206. The third kappa shape index (κ3) is 6.72. The Morgan fingerprint density at radius 3 is 2.52 bits per heavy atom. The van der Waals surface area contributed by atoms with Crippen LogP contribution in [0.3, 0.4) is 0 Å². The number of rotatable bonds is 6. The molecular formula is C31H37N9O3S. The average Bonchev–Trinajstić information content (AvgIpc) is 3.79. The largest absolute Gasteiger partial charge is 0.444 e. The number of carbonyl (C=O) groups excluding carboxylic acids is 2. The van der Waals surface area contributed by atoms with Crippen LogP contribution in [0.5, 0.6) is 0 Å². The quantitative estimate of drug-likeness (QED) is 0.314. The summed E-state index contributed by atoms with van der Waals surface area (Å²) in [7, 11) is 1.89. The van der Waals surface area contributed by atoms with E-state index in [1.165, 1.54) is 11.3 Å². The molecule has 44 heavy (non-hydrogen) atoms. The highest BCUT2D eigenvalue weighted by Gasteiger charge is 2.29. The molecule has 0 radical (unpaired) electrons. The molecule has 12 nitrogen and oxygen atoms in total. The van der Waals surface area contributed by atoms with Crippen LogP contribution in [0.2, 0.25) is 0 Å². The molecule has 2 amide bonds. The van der Waals surface area contributed by atoms with Gasteiger partial charge in [-0.15, -0.1) is 10.2 Å². The molecule has 3 aromatic heterocycles. The zero-order valence-electron chi connectivity index (χ0n) is 25.5. The maximum Gasteiger partial charge on any atom is 0.410 e. The van der Waals surface area contributed by atoms with Gasteiger partial charge in [0.25, 0.3) is 5.91 Å². The maximum absolute atomic E-state index is 13.0. The molecular weight excluding hydrogens is 578 g/mol. The van der Waals surface area contributed by atoms with E-state index >= 15 is 0 Å². The molecule has 2 fully saturated rings. The highest BCUT2D eigenvalue weighted by atomic mass is 32.1. The summed E-state index contributed by atoms with van der Waals surface area (Å²) in [6, 6.07) is 7.95. The maximum atomic E-state index is 13.0. The van der Waals surface area contributed by atoms with E-state index in [-0.39, 0.29) is 18.0 Å². The molecule has 230 valence electrons. The van der Waals surface area contributed by atoms with Crippen LogP contribution in [0, 0.1) is 0 Å². The summed E-state index contributed by atoms with van der Waals surface area (Å²) in [6.45, 7) is 8.19. The van der Waals surface area contributed by atoms with Crippen molar-refractivity contribution in [2.75, 3.05) is 31.5 Å². The van der Waals surface area contributed by atoms with Crippen LogP contribution in [0.15, 0.2) is 42.9 Å². The number of anilines is 1. The number of likely N-dealkylation sites (tertiary alicyclic amines) is 2. The lowest BCUT2D eigenvalue weighted by Gasteiger charge is -2.34. The number of amides is 2. The minimum atomic E-state index is -0.571. The van der Waals surface area contributed by atoms with Crippen molar-refractivity contribution in [2.24, 2.45) is 7.05 Å². The first-order valence-electron chi connectivity index (χ1n) is 15.0. The van der Waals surface area contributed by atoms with E-state index in [0.717, 1.165) is 55.5 Å². The van der Waals surface area contributed by atoms with Crippen molar-refractivity contribution in [3.8, 4) is 33.1 Å². The topological polar surface area (TPSA) is 131 Å². The van der Waals surface area contributed by atoms with Gasteiger partial charge < -0.3 is 19.9 Å². The lowest BCUT2D eigenvalue weighted by Crippen LogP contribution is -2.47. The molecule has 0 aliphatic carbocycles. The second-order valence-corrected chi connectivity index (χ2v) is 13.2. The van der Waals surface area contributed by atoms with Gasteiger partial charge in [-0.25, -0.2) is 14.8 Å². The van der Waals surface area contributed by atoms with Crippen LogP contribution in [0.25, 0.3) is 33.1 Å². The fraction of sp³-hybridized carbons (Fsp3) is 0.452. The summed E-state index contributed by atoms with van der Waals surface area (Å²) < 4.78 is 7.41. The van der Waals surface area contributed by atoms with Crippen molar-refractivity contribution >= 4 is 29.2 Å². The predicted octanol–water partition coefficient (Wildman–Crippen LogP) is 5.11. The highest BCUT2D eigenvalue weighted by molar-refractivity contribution is 7.16. The number of aromatic nitrogens is 6. The lowest BCUT2D eigenvalue weighted by atomic mass is 10.1. The number of hydrogen-bond acceptors (Lipinski definition) is 10. The molecule has 1 unspecified atom stereocenters. The van der Waals surface area contributed by atoms with Gasteiger partial charge >= 0.3 is 6.09 Å². The summed E-state index contributed by atoms with van der Waals surface area (Å²) >= 11 is 1.25. The Morgan fingerprint density at radius 1 is 1.00 bits per heavy atom. The molecule has 6 rings (SSSR count). The van der Waals surface area contributed by atoms with E-state index in [4.69, 9.17) is 14.7 Å². The first-order chi connectivity index (χ1) is 21.1. The molecule has 4 aromatic rings. The molecule has 1 atom stereocenters. The van der Waals surface area contributed by atoms with Crippen molar-refractivity contribution in [3.05, 3.63) is 47.9 Å². The number of hydrogen-bond donors (Lipinski definition) is 1. The number of benzene rings is 1. The molecule has 0 bridgehead atoms. The zero-order chi connectivity index (χ0) is 30.8. The molecule has 2 aliphatic rings. The molecule has 0 saturated carbocycles. The van der Waals surface area contributed by atoms with Crippen LogP contribution in [0.1, 0.15) is 56.3 Å². The second-order valence-electron chi connectivity index (χ2n) is 12.3. The van der Waals surface area contributed by atoms with Crippen LogP contribution in [0.4, 0.5) is 10.6 Å². The summed E-state index contributed by atoms with van der Waals surface area (Å²) in [6.07, 6.45) is 8.88. The summed E-state index contributed by atoms with van der Waals surface area (Å²) in [4.78, 5) is 39.1. The van der Waals surface area contributed by atoms with Gasteiger partial charge in [0.15, 0.2) is 10.8 Å². The van der Waals surface area contributed by atoms with E-state index in [0.29, 0.717) is 40.3 Å². The average molecular weight is 616 g/mol. The molecule has 1 N–H and O–H groups in total. The van der Waals surface area contributed by atoms with Crippen molar-refractivity contribution in [1.29, 1.82) is 0 Å². The van der Waals surface area contributed by atoms with E-state index in [1.54, 1.807) is 15.8 Å². The summed E-state index contributed by atoms with van der Waals surface area (Å²) in [5.74, 6) is 1.03. The Kier molecular flexibility index (Phi) is 8.30. The molecule has 2 saturated heterocycles. The molecule has 1 aromatic carbocycles. The van der Waals surface area contributed by atoms with E-state index in [9.17, 15) is 9.59 Å². The van der Waals surface area contributed by atoms with Gasteiger partial charge in [0.05, 0.1) is 11.8 Å². The normalized spacial score (nSPS) is 17.1. The highest BCUT2D eigenvalue weighted by Crippen LogP contribution is 2.33. The Bertz CT molecular complexity index is 1650. The second kappa shape index (κ2) is 12.3. The standard InChI is InChI=1S/C31H37N9O3S/c1-31(2,3)43-30(42)40-14-8-11-23(19-40)34-26-24(27-36-37-28(44-27)29(41)39-12-5-6-13-39)17-32-25(35-26)21-10-7-9-20(15-21)22-16-33-38(4)18-22/h7,9-10,15-18,23H,5-6,8,11-14,19H2,1-4H3,(H,32,34,35).